The molecule has 0 aliphatic rings. The largest absolute Gasteiger partial charge is 0.480 e. The Morgan fingerprint density at radius 1 is 1.26 bits per heavy atom. The monoisotopic (exact) mass is 276 g/mol. The van der Waals surface area contributed by atoms with Crippen LogP contribution in [0.4, 0.5) is 4.79 Å². The van der Waals surface area contributed by atoms with Gasteiger partial charge in [-0.3, -0.25) is 0 Å². The highest BCUT2D eigenvalue weighted by atomic mass is 16.5. The van der Waals surface area contributed by atoms with E-state index in [0.717, 1.165) is 0 Å². The van der Waals surface area contributed by atoms with E-state index in [0.29, 0.717) is 45.6 Å². The first kappa shape index (κ1) is 17.7. The van der Waals surface area contributed by atoms with E-state index in [1.807, 2.05) is 6.92 Å². The molecule has 0 bridgehead atoms. The van der Waals surface area contributed by atoms with Crippen LogP contribution < -0.4 is 10.6 Å². The van der Waals surface area contributed by atoms with E-state index in [1.165, 1.54) is 0 Å². The maximum Gasteiger partial charge on any atom is 0.326 e. The number of urea groups is 1. The molecular weight excluding hydrogens is 252 g/mol. The fourth-order valence-corrected chi connectivity index (χ4v) is 1.38. The number of nitrogens with one attached hydrogen (secondary N) is 2. The van der Waals surface area contributed by atoms with Gasteiger partial charge in [0.25, 0.3) is 0 Å². The molecule has 112 valence electrons. The summed E-state index contributed by atoms with van der Waals surface area (Å²) in [5, 5.41) is 13.9. The minimum Gasteiger partial charge on any atom is -0.480 e. The van der Waals surface area contributed by atoms with E-state index in [1.54, 1.807) is 7.11 Å². The molecule has 1 atom stereocenters. The second kappa shape index (κ2) is 11.7. The molecule has 0 aliphatic heterocycles. The number of carboxylic acids is 1. The van der Waals surface area contributed by atoms with Gasteiger partial charge in [0.15, 0.2) is 0 Å². The summed E-state index contributed by atoms with van der Waals surface area (Å²) in [7, 11) is 1.60. The number of ether oxygens (including phenoxy) is 2. The molecule has 0 fully saturated rings. The summed E-state index contributed by atoms with van der Waals surface area (Å²) >= 11 is 0. The zero-order chi connectivity index (χ0) is 14.5. The zero-order valence-electron chi connectivity index (χ0n) is 11.6. The van der Waals surface area contributed by atoms with Gasteiger partial charge in [0.1, 0.15) is 6.04 Å². The lowest BCUT2D eigenvalue weighted by molar-refractivity contribution is -0.139. The molecule has 0 spiro atoms. The number of carbonyl (C=O) groups is 2. The van der Waals surface area contributed by atoms with Crippen molar-refractivity contribution in [2.75, 3.05) is 33.5 Å². The van der Waals surface area contributed by atoms with Crippen molar-refractivity contribution in [3.63, 3.8) is 0 Å². The zero-order valence-corrected chi connectivity index (χ0v) is 11.6. The summed E-state index contributed by atoms with van der Waals surface area (Å²) in [6.07, 6.45) is 1.79. The van der Waals surface area contributed by atoms with Crippen molar-refractivity contribution >= 4 is 12.0 Å². The van der Waals surface area contributed by atoms with Crippen LogP contribution in [0.5, 0.6) is 0 Å². The van der Waals surface area contributed by atoms with Gasteiger partial charge in [-0.05, 0) is 12.8 Å². The van der Waals surface area contributed by atoms with Crippen LogP contribution in [0.2, 0.25) is 0 Å². The number of rotatable bonds is 11. The predicted octanol–water partition coefficient (Wildman–Crippen LogP) is 0.592. The first-order valence-corrected chi connectivity index (χ1v) is 6.45. The molecule has 0 aromatic rings. The fraction of sp³-hybridized carbons (Fsp3) is 0.833. The molecule has 0 heterocycles. The van der Waals surface area contributed by atoms with E-state index in [2.05, 4.69) is 10.6 Å². The number of hydrogen-bond donors (Lipinski definition) is 3. The number of methoxy groups -OCH3 is 1. The van der Waals surface area contributed by atoms with E-state index < -0.39 is 18.0 Å². The minimum absolute atomic E-state index is 0.420. The molecule has 0 aromatic heterocycles. The Kier molecular flexibility index (Phi) is 10.9. The van der Waals surface area contributed by atoms with Crippen molar-refractivity contribution in [3.05, 3.63) is 0 Å². The minimum atomic E-state index is -1.01. The standard InChI is InChI=1S/C12H24N2O5/c1-3-5-10(11(15)16)14-12(17)13-6-4-7-19-9-8-18-2/h10H,3-9H2,1-2H3,(H,15,16)(H2,13,14,17). The van der Waals surface area contributed by atoms with Crippen LogP contribution in [-0.2, 0) is 14.3 Å². The lowest BCUT2D eigenvalue weighted by Gasteiger charge is -2.14. The van der Waals surface area contributed by atoms with Crippen molar-refractivity contribution in [3.8, 4) is 0 Å². The highest BCUT2D eigenvalue weighted by Crippen LogP contribution is 1.96. The first-order chi connectivity index (χ1) is 9.11. The topological polar surface area (TPSA) is 96.9 Å². The third-order valence-electron chi connectivity index (χ3n) is 2.36. The van der Waals surface area contributed by atoms with Crippen molar-refractivity contribution in [2.45, 2.75) is 32.2 Å². The summed E-state index contributed by atoms with van der Waals surface area (Å²) in [6.45, 7) is 3.91. The average Bonchev–Trinajstić information content (AvgIpc) is 2.37. The van der Waals surface area contributed by atoms with Gasteiger partial charge >= 0.3 is 12.0 Å². The molecule has 0 saturated heterocycles. The normalized spacial score (nSPS) is 11.9. The third-order valence-corrected chi connectivity index (χ3v) is 2.36. The predicted molar refractivity (Wildman–Crippen MR) is 70.2 cm³/mol. The molecule has 1 unspecified atom stereocenters. The van der Waals surface area contributed by atoms with E-state index in [9.17, 15) is 9.59 Å². The van der Waals surface area contributed by atoms with E-state index >= 15 is 0 Å². The smallest absolute Gasteiger partial charge is 0.326 e. The summed E-state index contributed by atoms with van der Waals surface area (Å²) in [4.78, 5) is 22.2. The first-order valence-electron chi connectivity index (χ1n) is 6.45. The van der Waals surface area contributed by atoms with Crippen molar-refractivity contribution in [1.29, 1.82) is 0 Å². The Bertz CT molecular complexity index is 261. The molecular formula is C12H24N2O5. The number of aliphatic carboxylic acids is 1. The van der Waals surface area contributed by atoms with Gasteiger partial charge < -0.3 is 25.2 Å². The number of amides is 2. The lowest BCUT2D eigenvalue weighted by atomic mass is 10.2. The second-order valence-electron chi connectivity index (χ2n) is 4.04. The van der Waals surface area contributed by atoms with Gasteiger partial charge in [0.05, 0.1) is 13.2 Å². The van der Waals surface area contributed by atoms with Crippen LogP contribution >= 0.6 is 0 Å². The molecule has 7 heteroatoms. The number of carbonyl (C=O) groups excluding carboxylic acids is 1. The van der Waals surface area contributed by atoms with Crippen LogP contribution in [0, 0.1) is 0 Å². The van der Waals surface area contributed by atoms with Gasteiger partial charge in [0, 0.05) is 20.3 Å². The van der Waals surface area contributed by atoms with Gasteiger partial charge in [0.2, 0.25) is 0 Å². The highest BCUT2D eigenvalue weighted by Gasteiger charge is 2.18. The number of carboxylic acid groups (broad SMARTS) is 1. The van der Waals surface area contributed by atoms with Gasteiger partial charge in [-0.15, -0.1) is 0 Å². The molecule has 0 saturated carbocycles. The Labute approximate surface area is 113 Å². The highest BCUT2D eigenvalue weighted by molar-refractivity contribution is 5.82. The molecule has 0 rings (SSSR count). The van der Waals surface area contributed by atoms with Crippen LogP contribution in [-0.4, -0.2) is 56.6 Å². The Hall–Kier alpha value is -1.34. The van der Waals surface area contributed by atoms with Crippen LogP contribution in [0.1, 0.15) is 26.2 Å². The fourth-order valence-electron chi connectivity index (χ4n) is 1.38. The molecule has 7 nitrogen and oxygen atoms in total. The Morgan fingerprint density at radius 3 is 2.58 bits per heavy atom. The van der Waals surface area contributed by atoms with E-state index in [4.69, 9.17) is 14.6 Å². The van der Waals surface area contributed by atoms with Crippen molar-refractivity contribution in [2.24, 2.45) is 0 Å². The average molecular weight is 276 g/mol. The van der Waals surface area contributed by atoms with Gasteiger partial charge in [-0.25, -0.2) is 9.59 Å². The summed E-state index contributed by atoms with van der Waals surface area (Å²) in [5.41, 5.74) is 0. The summed E-state index contributed by atoms with van der Waals surface area (Å²) in [6, 6.07) is -1.29. The van der Waals surface area contributed by atoms with E-state index in [-0.39, 0.29) is 0 Å². The van der Waals surface area contributed by atoms with Crippen LogP contribution in [0.25, 0.3) is 0 Å². The van der Waals surface area contributed by atoms with Crippen LogP contribution in [0.3, 0.4) is 0 Å². The summed E-state index contributed by atoms with van der Waals surface area (Å²) in [5.74, 6) is -1.01. The molecule has 0 aromatic carbocycles. The maximum atomic E-state index is 11.4. The molecule has 2 amide bonds. The quantitative estimate of drug-likeness (QED) is 0.480. The Morgan fingerprint density at radius 2 is 2.00 bits per heavy atom. The van der Waals surface area contributed by atoms with Gasteiger partial charge in [-0.2, -0.15) is 0 Å². The van der Waals surface area contributed by atoms with Crippen molar-refractivity contribution < 1.29 is 24.2 Å². The number of hydrogen-bond acceptors (Lipinski definition) is 4. The Balaban J connectivity index is 3.60. The van der Waals surface area contributed by atoms with Crippen molar-refractivity contribution in [1.82, 2.24) is 10.6 Å². The molecule has 0 radical (unpaired) electrons. The molecule has 0 aliphatic carbocycles. The maximum absolute atomic E-state index is 11.4. The SMILES string of the molecule is CCCC(NC(=O)NCCCOCCOC)C(=O)O. The molecule has 3 N–H and O–H groups in total. The van der Waals surface area contributed by atoms with Gasteiger partial charge in [-0.1, -0.05) is 13.3 Å². The van der Waals surface area contributed by atoms with Crippen LogP contribution in [0.15, 0.2) is 0 Å². The summed E-state index contributed by atoms with van der Waals surface area (Å²) < 4.78 is 10.0. The lowest BCUT2D eigenvalue weighted by Crippen LogP contribution is -2.46. The third kappa shape index (κ3) is 10.3. The molecule has 19 heavy (non-hydrogen) atoms. The second-order valence-corrected chi connectivity index (χ2v) is 4.04.